The Hall–Kier alpha value is -2.69. The van der Waals surface area contributed by atoms with Crippen molar-refractivity contribution < 1.29 is 27.4 Å². The molecule has 0 saturated heterocycles. The average molecular weight is 486 g/mol. The topological polar surface area (TPSA) is 59.3 Å². The smallest absolute Gasteiger partial charge is 0.396 e. The van der Waals surface area contributed by atoms with E-state index in [0.29, 0.717) is 17.6 Å². The van der Waals surface area contributed by atoms with Gasteiger partial charge < -0.3 is 9.47 Å². The first-order valence-corrected chi connectivity index (χ1v) is 10.3. The van der Waals surface area contributed by atoms with Crippen molar-refractivity contribution in [3.05, 3.63) is 70.7 Å². The van der Waals surface area contributed by atoms with Crippen molar-refractivity contribution >= 4 is 29.2 Å². The molecule has 9 heteroatoms. The predicted octanol–water partition coefficient (Wildman–Crippen LogP) is 7.36. The number of esters is 1. The number of para-hydroxylation sites is 1. The largest absolute Gasteiger partial charge is 0.457 e. The molecule has 0 aliphatic heterocycles. The first-order chi connectivity index (χ1) is 15.0. The summed E-state index contributed by atoms with van der Waals surface area (Å²) >= 11 is 10.9. The van der Waals surface area contributed by atoms with Gasteiger partial charge in [-0.25, -0.2) is 0 Å². The van der Waals surface area contributed by atoms with Crippen molar-refractivity contribution in [2.45, 2.75) is 26.1 Å². The van der Waals surface area contributed by atoms with Crippen LogP contribution in [0.15, 0.2) is 65.2 Å². The van der Waals surface area contributed by atoms with E-state index in [1.54, 1.807) is 42.5 Å². The summed E-state index contributed by atoms with van der Waals surface area (Å²) in [7, 11) is 0. The fraction of sp³-hybridized carbons (Fsp3) is 0.304. The first kappa shape index (κ1) is 25.6. The number of alkyl halides is 3. The van der Waals surface area contributed by atoms with E-state index in [9.17, 15) is 23.2 Å². The molecule has 0 spiro atoms. The Morgan fingerprint density at radius 3 is 2.22 bits per heavy atom. The molecule has 0 fully saturated rings. The number of carbonyl (C=O) groups excluding carboxylic acids is 1. The molecule has 170 valence electrons. The van der Waals surface area contributed by atoms with Gasteiger partial charge in [-0.2, -0.15) is 18.4 Å². The molecule has 0 saturated carbocycles. The van der Waals surface area contributed by atoms with Crippen LogP contribution in [-0.4, -0.2) is 12.1 Å². The lowest BCUT2D eigenvalue weighted by Crippen LogP contribution is -2.38. The highest BCUT2D eigenvalue weighted by atomic mass is 35.5. The quantitative estimate of drug-likeness (QED) is 0.366. The lowest BCUT2D eigenvalue weighted by molar-refractivity contribution is -0.192. The van der Waals surface area contributed by atoms with Crippen LogP contribution in [0.2, 0.25) is 0 Å². The van der Waals surface area contributed by atoms with E-state index in [2.05, 4.69) is 0 Å². The molecule has 3 atom stereocenters. The van der Waals surface area contributed by atoms with E-state index in [1.807, 2.05) is 6.07 Å². The summed E-state index contributed by atoms with van der Waals surface area (Å²) < 4.78 is 51.1. The zero-order valence-electron chi connectivity index (χ0n) is 17.1. The van der Waals surface area contributed by atoms with E-state index < -0.39 is 40.5 Å². The Bertz CT molecular complexity index is 984. The zero-order chi connectivity index (χ0) is 23.9. The molecule has 0 aliphatic rings. The van der Waals surface area contributed by atoms with Crippen molar-refractivity contribution in [1.82, 2.24) is 0 Å². The van der Waals surface area contributed by atoms with Gasteiger partial charge in [-0.1, -0.05) is 67.4 Å². The van der Waals surface area contributed by atoms with Gasteiger partial charge in [-0.3, -0.25) is 4.79 Å². The Kier molecular flexibility index (Phi) is 8.99. The Balaban J connectivity index is 2.28. The highest BCUT2D eigenvalue weighted by Gasteiger charge is 2.48. The second-order valence-electron chi connectivity index (χ2n) is 7.23. The van der Waals surface area contributed by atoms with Crippen molar-refractivity contribution in [2.75, 3.05) is 0 Å². The Morgan fingerprint density at radius 1 is 1.06 bits per heavy atom. The molecule has 0 heterocycles. The monoisotopic (exact) mass is 485 g/mol. The minimum absolute atomic E-state index is 0.256. The van der Waals surface area contributed by atoms with E-state index in [1.165, 1.54) is 26.0 Å². The van der Waals surface area contributed by atoms with Crippen LogP contribution in [0.25, 0.3) is 0 Å². The maximum Gasteiger partial charge on any atom is 0.396 e. The summed E-state index contributed by atoms with van der Waals surface area (Å²) in [5, 5.41) is 9.53. The number of nitriles is 1. The number of rotatable bonds is 8. The van der Waals surface area contributed by atoms with Crippen molar-refractivity contribution in [1.29, 1.82) is 5.26 Å². The van der Waals surface area contributed by atoms with Crippen LogP contribution in [0, 0.1) is 29.1 Å². The number of hydrogen-bond donors (Lipinski definition) is 0. The number of nitrogens with zero attached hydrogens (tertiary/aromatic N) is 1. The highest BCUT2D eigenvalue weighted by molar-refractivity contribution is 6.55. The van der Waals surface area contributed by atoms with Crippen LogP contribution in [0.1, 0.15) is 25.5 Å². The molecule has 0 bridgehead atoms. The minimum atomic E-state index is -4.80. The molecular weight excluding hydrogens is 466 g/mol. The first-order valence-electron chi connectivity index (χ1n) is 9.55. The van der Waals surface area contributed by atoms with Gasteiger partial charge in [-0.15, -0.1) is 0 Å². The van der Waals surface area contributed by atoms with Crippen LogP contribution in [-0.2, 0) is 9.53 Å². The van der Waals surface area contributed by atoms with Crippen molar-refractivity contribution in [3.63, 3.8) is 0 Å². The summed E-state index contributed by atoms with van der Waals surface area (Å²) in [4.78, 5) is 12.8. The number of allylic oxidation sites excluding steroid dienone is 1. The number of benzene rings is 2. The molecule has 0 amide bonds. The van der Waals surface area contributed by atoms with E-state index in [0.717, 1.165) is 0 Å². The second-order valence-corrected chi connectivity index (χ2v) is 8.24. The maximum absolute atomic E-state index is 13.6. The second kappa shape index (κ2) is 11.3. The highest BCUT2D eigenvalue weighted by Crippen LogP contribution is 2.40. The fourth-order valence-corrected chi connectivity index (χ4v) is 3.37. The van der Waals surface area contributed by atoms with Gasteiger partial charge in [0.1, 0.15) is 22.1 Å². The molecule has 4 nitrogen and oxygen atoms in total. The fourth-order valence-electron chi connectivity index (χ4n) is 3.10. The Morgan fingerprint density at radius 2 is 1.69 bits per heavy atom. The zero-order valence-corrected chi connectivity index (χ0v) is 18.7. The molecule has 0 aromatic heterocycles. The van der Waals surface area contributed by atoms with E-state index >= 15 is 0 Å². The molecule has 0 aliphatic carbocycles. The summed E-state index contributed by atoms with van der Waals surface area (Å²) in [5.41, 5.74) is 0.256. The van der Waals surface area contributed by atoms with Crippen LogP contribution in [0.3, 0.4) is 0 Å². The van der Waals surface area contributed by atoms with Gasteiger partial charge in [0.25, 0.3) is 0 Å². The minimum Gasteiger partial charge on any atom is -0.457 e. The molecule has 32 heavy (non-hydrogen) atoms. The number of carbonyl (C=O) groups is 1. The number of hydrogen-bond acceptors (Lipinski definition) is 4. The molecule has 3 unspecified atom stereocenters. The third-order valence-electron chi connectivity index (χ3n) is 4.55. The average Bonchev–Trinajstić information content (AvgIpc) is 2.71. The van der Waals surface area contributed by atoms with Crippen molar-refractivity contribution in [2.24, 2.45) is 17.8 Å². The summed E-state index contributed by atoms with van der Waals surface area (Å²) in [6.07, 6.45) is -5.67. The standard InChI is InChI=1S/C23H20Cl2F3NO3/c1-14(2)21(18(12-20(24)25)23(26,27)28)22(30)32-19(13-29)15-7-6-10-17(11-15)31-16-8-4-3-5-9-16/h3-12,14,18-19,21H,1-2H3. The molecule has 2 rings (SSSR count). The molecular formula is C23H20Cl2F3NO3. The van der Waals surface area contributed by atoms with E-state index in [-0.39, 0.29) is 5.56 Å². The van der Waals surface area contributed by atoms with Gasteiger partial charge in [0, 0.05) is 5.56 Å². The van der Waals surface area contributed by atoms with E-state index in [4.69, 9.17) is 32.7 Å². The van der Waals surface area contributed by atoms with Gasteiger partial charge >= 0.3 is 12.1 Å². The third-order valence-corrected chi connectivity index (χ3v) is 4.80. The SMILES string of the molecule is CC(C)C(C(=O)OC(C#N)c1cccc(Oc2ccccc2)c1)C(C=C(Cl)Cl)C(F)(F)F. The number of ether oxygens (including phenoxy) is 2. The van der Waals surface area contributed by atoms with Crippen LogP contribution in [0.4, 0.5) is 13.2 Å². The van der Waals surface area contributed by atoms with Gasteiger partial charge in [-0.05, 0) is 36.3 Å². The summed E-state index contributed by atoms with van der Waals surface area (Å²) in [6.45, 7) is 2.88. The predicted molar refractivity (Wildman–Crippen MR) is 115 cm³/mol. The summed E-state index contributed by atoms with van der Waals surface area (Å²) in [6, 6.07) is 16.9. The maximum atomic E-state index is 13.6. The van der Waals surface area contributed by atoms with Gasteiger partial charge in [0.05, 0.1) is 11.8 Å². The third kappa shape index (κ3) is 7.18. The lowest BCUT2D eigenvalue weighted by atomic mass is 9.82. The Labute approximate surface area is 194 Å². The van der Waals surface area contributed by atoms with Crippen molar-refractivity contribution in [3.8, 4) is 17.6 Å². The summed E-state index contributed by atoms with van der Waals surface area (Å²) in [5.74, 6) is -4.96. The molecule has 0 radical (unpaired) electrons. The van der Waals surface area contributed by atoms with Crippen LogP contribution < -0.4 is 4.74 Å². The van der Waals surface area contributed by atoms with Gasteiger partial charge in [0.2, 0.25) is 6.10 Å². The molecule has 2 aromatic carbocycles. The van der Waals surface area contributed by atoms with Gasteiger partial charge in [0.15, 0.2) is 0 Å². The van der Waals surface area contributed by atoms with Crippen LogP contribution >= 0.6 is 23.2 Å². The molecule has 0 N–H and O–H groups in total. The number of halogens is 5. The lowest BCUT2D eigenvalue weighted by Gasteiger charge is -2.29. The molecule has 2 aromatic rings. The normalized spacial score (nSPS) is 14.1. The van der Waals surface area contributed by atoms with Crippen LogP contribution in [0.5, 0.6) is 11.5 Å².